The van der Waals surface area contributed by atoms with Gasteiger partial charge in [0.05, 0.1) is 5.52 Å². The van der Waals surface area contributed by atoms with Crippen LogP contribution >= 0.6 is 0 Å². The van der Waals surface area contributed by atoms with E-state index in [0.29, 0.717) is 11.6 Å². The zero-order chi connectivity index (χ0) is 14.5. The van der Waals surface area contributed by atoms with Crippen LogP contribution in [0.25, 0.3) is 10.9 Å². The molecule has 0 fully saturated rings. The van der Waals surface area contributed by atoms with Crippen LogP contribution in [0.3, 0.4) is 0 Å². The molecule has 0 radical (unpaired) electrons. The van der Waals surface area contributed by atoms with Gasteiger partial charge >= 0.3 is 5.97 Å². The molecule has 3 nitrogen and oxygen atoms in total. The maximum absolute atomic E-state index is 12.1. The van der Waals surface area contributed by atoms with Gasteiger partial charge in [-0.25, -0.2) is 4.79 Å². The lowest BCUT2D eigenvalue weighted by Gasteiger charge is -2.28. The van der Waals surface area contributed by atoms with Crippen LogP contribution in [-0.2, 0) is 10.5 Å². The van der Waals surface area contributed by atoms with Crippen LogP contribution in [0, 0.1) is 0 Å². The second-order valence-corrected chi connectivity index (χ2v) is 5.88. The summed E-state index contributed by atoms with van der Waals surface area (Å²) in [6.45, 7) is 8.50. The van der Waals surface area contributed by atoms with Crippen molar-refractivity contribution in [2.75, 3.05) is 0 Å². The van der Waals surface area contributed by atoms with Gasteiger partial charge < -0.3 is 4.74 Å². The fourth-order valence-corrected chi connectivity index (χ4v) is 3.16. The van der Waals surface area contributed by atoms with Crippen LogP contribution in [0.1, 0.15) is 62.5 Å². The molecule has 0 saturated carbocycles. The largest absolute Gasteiger partial charge is 0.434 e. The molecule has 0 spiro atoms. The Morgan fingerprint density at radius 2 is 1.90 bits per heavy atom. The van der Waals surface area contributed by atoms with Gasteiger partial charge in [0, 0.05) is 18.2 Å². The smallest absolute Gasteiger partial charge is 0.357 e. The molecular weight excluding hydrogens is 250 g/mol. The average molecular weight is 271 g/mol. The number of benzene rings is 1. The van der Waals surface area contributed by atoms with Crippen molar-refractivity contribution >= 4 is 16.9 Å². The highest BCUT2D eigenvalue weighted by atomic mass is 16.6. The molecule has 20 heavy (non-hydrogen) atoms. The van der Waals surface area contributed by atoms with Gasteiger partial charge in [-0.15, -0.1) is 0 Å². The van der Waals surface area contributed by atoms with E-state index >= 15 is 0 Å². The van der Waals surface area contributed by atoms with E-state index in [9.17, 15) is 4.79 Å². The molecule has 1 aliphatic heterocycles. The summed E-state index contributed by atoms with van der Waals surface area (Å²) in [7, 11) is 0. The molecule has 0 amide bonds. The summed E-state index contributed by atoms with van der Waals surface area (Å²) in [4.78, 5) is 12.1. The van der Waals surface area contributed by atoms with Crippen molar-refractivity contribution in [1.82, 2.24) is 4.57 Å². The number of rotatable bonds is 3. The van der Waals surface area contributed by atoms with Gasteiger partial charge in [-0.2, -0.15) is 0 Å². The third-order valence-electron chi connectivity index (χ3n) is 4.50. The minimum Gasteiger partial charge on any atom is -0.434 e. The number of nitrogens with zero attached hydrogens (tertiary/aromatic N) is 1. The minimum absolute atomic E-state index is 0.198. The van der Waals surface area contributed by atoms with Gasteiger partial charge in [0.25, 0.3) is 0 Å². The number of esters is 1. The topological polar surface area (TPSA) is 31.2 Å². The molecule has 0 unspecified atom stereocenters. The zero-order valence-corrected chi connectivity index (χ0v) is 12.6. The Kier molecular flexibility index (Phi) is 2.89. The van der Waals surface area contributed by atoms with Crippen molar-refractivity contribution in [3.8, 4) is 0 Å². The van der Waals surface area contributed by atoms with Crippen molar-refractivity contribution in [2.24, 2.45) is 0 Å². The number of hydrogen-bond donors (Lipinski definition) is 0. The SMILES string of the molecule is CCC1(CC)OC(=O)c2cc3cc(C(C)C)ccc3n21. The predicted octanol–water partition coefficient (Wildman–Crippen LogP) is 4.41. The van der Waals surface area contributed by atoms with Crippen LogP contribution in [0.2, 0.25) is 0 Å². The molecule has 1 aromatic heterocycles. The summed E-state index contributed by atoms with van der Waals surface area (Å²) < 4.78 is 7.76. The van der Waals surface area contributed by atoms with Gasteiger partial charge in [-0.1, -0.05) is 33.8 Å². The number of cyclic esters (lactones) is 1. The molecule has 2 heterocycles. The Labute approximate surface area is 119 Å². The van der Waals surface area contributed by atoms with Crippen molar-refractivity contribution in [2.45, 2.75) is 52.2 Å². The Bertz CT molecular complexity index is 678. The van der Waals surface area contributed by atoms with Crippen molar-refractivity contribution in [3.05, 3.63) is 35.5 Å². The number of ether oxygens (including phenoxy) is 1. The lowest BCUT2D eigenvalue weighted by molar-refractivity contribution is -0.0468. The second-order valence-electron chi connectivity index (χ2n) is 5.88. The Balaban J connectivity index is 2.27. The van der Waals surface area contributed by atoms with E-state index in [2.05, 4.69) is 50.5 Å². The molecule has 1 aromatic carbocycles. The Morgan fingerprint density at radius 1 is 1.20 bits per heavy atom. The first-order valence-electron chi connectivity index (χ1n) is 7.41. The molecule has 0 atom stereocenters. The van der Waals surface area contributed by atoms with Gasteiger partial charge in [0.15, 0.2) is 5.72 Å². The molecular formula is C17H21NO2. The summed E-state index contributed by atoms with van der Waals surface area (Å²) in [5, 5.41) is 1.13. The minimum atomic E-state index is -0.506. The Morgan fingerprint density at radius 3 is 2.50 bits per heavy atom. The van der Waals surface area contributed by atoms with Crippen LogP contribution in [0.4, 0.5) is 0 Å². The summed E-state index contributed by atoms with van der Waals surface area (Å²) in [5.41, 5.74) is 2.57. The number of aromatic nitrogens is 1. The Hall–Kier alpha value is -1.77. The van der Waals surface area contributed by atoms with Crippen molar-refractivity contribution < 1.29 is 9.53 Å². The van der Waals surface area contributed by atoms with Gasteiger partial charge in [-0.05, 0) is 29.7 Å². The number of carbonyl (C=O) groups excluding carboxylic acids is 1. The third-order valence-corrected chi connectivity index (χ3v) is 4.50. The van der Waals surface area contributed by atoms with E-state index in [0.717, 1.165) is 23.7 Å². The summed E-state index contributed by atoms with van der Waals surface area (Å²) in [6.07, 6.45) is 1.58. The van der Waals surface area contributed by atoms with E-state index in [4.69, 9.17) is 4.74 Å². The summed E-state index contributed by atoms with van der Waals surface area (Å²) in [6, 6.07) is 8.43. The molecule has 0 bridgehead atoms. The van der Waals surface area contributed by atoms with E-state index in [1.54, 1.807) is 0 Å². The fourth-order valence-electron chi connectivity index (χ4n) is 3.16. The zero-order valence-electron chi connectivity index (χ0n) is 12.6. The molecule has 0 aliphatic carbocycles. The lowest BCUT2D eigenvalue weighted by Crippen LogP contribution is -2.30. The average Bonchev–Trinajstić information content (AvgIpc) is 2.95. The molecule has 106 valence electrons. The number of fused-ring (bicyclic) bond motifs is 3. The first-order valence-corrected chi connectivity index (χ1v) is 7.41. The normalized spacial score (nSPS) is 16.8. The van der Waals surface area contributed by atoms with E-state index in [1.807, 2.05) is 6.07 Å². The number of carbonyl (C=O) groups is 1. The lowest BCUT2D eigenvalue weighted by atomic mass is 10.0. The molecule has 1 aliphatic rings. The van der Waals surface area contributed by atoms with Crippen molar-refractivity contribution in [3.63, 3.8) is 0 Å². The van der Waals surface area contributed by atoms with E-state index in [1.165, 1.54) is 5.56 Å². The maximum atomic E-state index is 12.1. The van der Waals surface area contributed by atoms with Gasteiger partial charge in [0.1, 0.15) is 5.69 Å². The summed E-state index contributed by atoms with van der Waals surface area (Å²) in [5.74, 6) is 0.291. The first-order chi connectivity index (χ1) is 9.52. The van der Waals surface area contributed by atoms with Crippen LogP contribution < -0.4 is 0 Å². The first kappa shape index (κ1) is 13.2. The third kappa shape index (κ3) is 1.62. The molecule has 0 saturated heterocycles. The van der Waals surface area contributed by atoms with Crippen LogP contribution in [0.15, 0.2) is 24.3 Å². The second kappa shape index (κ2) is 4.37. The van der Waals surface area contributed by atoms with Crippen LogP contribution in [0.5, 0.6) is 0 Å². The standard InChI is InChI=1S/C17H21NO2/c1-5-17(6-2)18-14-8-7-12(11(3)4)9-13(14)10-15(18)16(19)20-17/h7-11H,5-6H2,1-4H3. The van der Waals surface area contributed by atoms with Crippen molar-refractivity contribution in [1.29, 1.82) is 0 Å². The maximum Gasteiger partial charge on any atom is 0.357 e. The highest BCUT2D eigenvalue weighted by Gasteiger charge is 2.43. The van der Waals surface area contributed by atoms with Gasteiger partial charge in [0.2, 0.25) is 0 Å². The highest BCUT2D eigenvalue weighted by Crippen LogP contribution is 2.40. The predicted molar refractivity (Wildman–Crippen MR) is 80.0 cm³/mol. The molecule has 2 aromatic rings. The fraction of sp³-hybridized carbons (Fsp3) is 0.471. The van der Waals surface area contributed by atoms with E-state index in [-0.39, 0.29) is 5.97 Å². The number of hydrogen-bond acceptors (Lipinski definition) is 2. The molecule has 3 rings (SSSR count). The molecule has 0 N–H and O–H groups in total. The highest BCUT2D eigenvalue weighted by molar-refractivity contribution is 5.98. The quantitative estimate of drug-likeness (QED) is 0.774. The summed E-state index contributed by atoms with van der Waals surface area (Å²) >= 11 is 0. The monoisotopic (exact) mass is 271 g/mol. The van der Waals surface area contributed by atoms with Crippen LogP contribution in [-0.4, -0.2) is 10.5 Å². The van der Waals surface area contributed by atoms with Gasteiger partial charge in [-0.3, -0.25) is 4.57 Å². The van der Waals surface area contributed by atoms with E-state index < -0.39 is 5.72 Å². The molecule has 3 heteroatoms.